The van der Waals surface area contributed by atoms with Crippen molar-refractivity contribution in [3.63, 3.8) is 0 Å². The zero-order chi connectivity index (χ0) is 12.3. The fourth-order valence-corrected chi connectivity index (χ4v) is 1.40. The predicted molar refractivity (Wildman–Crippen MR) is 64.6 cm³/mol. The lowest BCUT2D eigenvalue weighted by Crippen LogP contribution is -2.37. The lowest BCUT2D eigenvalue weighted by atomic mass is 10.1. The van der Waals surface area contributed by atoms with Crippen LogP contribution in [0.15, 0.2) is 18.2 Å². The zero-order valence-electron chi connectivity index (χ0n) is 10.3. The highest BCUT2D eigenvalue weighted by molar-refractivity contribution is 5.94. The van der Waals surface area contributed by atoms with Crippen molar-refractivity contribution in [3.05, 3.63) is 34.9 Å². The molecule has 0 aliphatic heterocycles. The van der Waals surface area contributed by atoms with Crippen LogP contribution >= 0.6 is 0 Å². The van der Waals surface area contributed by atoms with E-state index in [1.165, 1.54) is 5.56 Å². The van der Waals surface area contributed by atoms with Gasteiger partial charge in [0.25, 0.3) is 5.91 Å². The number of aliphatic hydroxyl groups is 1. The van der Waals surface area contributed by atoms with Gasteiger partial charge in [0.05, 0.1) is 12.6 Å². The molecule has 1 N–H and O–H groups in total. The summed E-state index contributed by atoms with van der Waals surface area (Å²) in [6, 6.07) is 5.50. The third-order valence-corrected chi connectivity index (χ3v) is 3.00. The number of likely N-dealkylation sites (N-methyl/N-ethyl adjacent to an activating group) is 1. The van der Waals surface area contributed by atoms with Gasteiger partial charge in [-0.3, -0.25) is 4.79 Å². The Bertz CT molecular complexity index is 388. The molecule has 0 saturated carbocycles. The lowest BCUT2D eigenvalue weighted by Gasteiger charge is -2.23. The Morgan fingerprint density at radius 1 is 1.38 bits per heavy atom. The van der Waals surface area contributed by atoms with Crippen molar-refractivity contribution >= 4 is 5.91 Å². The summed E-state index contributed by atoms with van der Waals surface area (Å²) in [4.78, 5) is 13.6. The molecule has 0 spiro atoms. The standard InChI is InChI=1S/C13H19NO2/c1-9-5-6-12(7-10(9)2)13(16)14(4)11(3)8-15/h5-7,11,15H,8H2,1-4H3. The van der Waals surface area contributed by atoms with E-state index in [9.17, 15) is 4.79 Å². The van der Waals surface area contributed by atoms with Gasteiger partial charge in [-0.25, -0.2) is 0 Å². The molecule has 0 saturated heterocycles. The van der Waals surface area contributed by atoms with Crippen LogP contribution in [0.1, 0.15) is 28.4 Å². The molecule has 0 aliphatic rings. The fraction of sp³-hybridized carbons (Fsp3) is 0.462. The summed E-state index contributed by atoms with van der Waals surface area (Å²) in [6.07, 6.45) is 0. The van der Waals surface area contributed by atoms with Crippen LogP contribution in [0.3, 0.4) is 0 Å². The van der Waals surface area contributed by atoms with E-state index < -0.39 is 0 Å². The first kappa shape index (κ1) is 12.7. The number of aliphatic hydroxyl groups excluding tert-OH is 1. The Hall–Kier alpha value is -1.35. The van der Waals surface area contributed by atoms with E-state index in [-0.39, 0.29) is 18.6 Å². The van der Waals surface area contributed by atoms with Gasteiger partial charge in [-0.2, -0.15) is 0 Å². The Morgan fingerprint density at radius 3 is 2.50 bits per heavy atom. The van der Waals surface area contributed by atoms with Crippen molar-refractivity contribution < 1.29 is 9.90 Å². The van der Waals surface area contributed by atoms with Crippen LogP contribution in [0.2, 0.25) is 0 Å². The van der Waals surface area contributed by atoms with E-state index in [0.29, 0.717) is 5.56 Å². The van der Waals surface area contributed by atoms with Crippen molar-refractivity contribution in [2.45, 2.75) is 26.8 Å². The smallest absolute Gasteiger partial charge is 0.253 e. The molecule has 3 heteroatoms. The summed E-state index contributed by atoms with van der Waals surface area (Å²) in [6.45, 7) is 5.80. The number of rotatable bonds is 3. The summed E-state index contributed by atoms with van der Waals surface area (Å²) in [5.74, 6) is -0.0512. The van der Waals surface area contributed by atoms with E-state index in [2.05, 4.69) is 0 Å². The molecule has 0 fully saturated rings. The topological polar surface area (TPSA) is 40.5 Å². The molecule has 3 nitrogen and oxygen atoms in total. The highest BCUT2D eigenvalue weighted by Crippen LogP contribution is 2.12. The van der Waals surface area contributed by atoms with E-state index >= 15 is 0 Å². The largest absolute Gasteiger partial charge is 0.394 e. The Labute approximate surface area is 96.7 Å². The minimum atomic E-state index is -0.158. The number of nitrogens with zero attached hydrogens (tertiary/aromatic N) is 1. The molecule has 1 unspecified atom stereocenters. The van der Waals surface area contributed by atoms with Gasteiger partial charge in [0, 0.05) is 12.6 Å². The SMILES string of the molecule is Cc1ccc(C(=O)N(C)C(C)CO)cc1C. The number of hydrogen-bond acceptors (Lipinski definition) is 2. The number of carbonyl (C=O) groups excluding carboxylic acids is 1. The molecule has 1 aromatic carbocycles. The van der Waals surface area contributed by atoms with Crippen molar-refractivity contribution in [1.29, 1.82) is 0 Å². The number of benzene rings is 1. The summed E-state index contributed by atoms with van der Waals surface area (Å²) in [7, 11) is 1.71. The monoisotopic (exact) mass is 221 g/mol. The molecule has 0 bridgehead atoms. The van der Waals surface area contributed by atoms with Gasteiger partial charge in [-0.1, -0.05) is 6.07 Å². The Kier molecular flexibility index (Phi) is 4.07. The van der Waals surface area contributed by atoms with Crippen LogP contribution in [0.25, 0.3) is 0 Å². The van der Waals surface area contributed by atoms with Crippen LogP contribution < -0.4 is 0 Å². The second-order valence-corrected chi connectivity index (χ2v) is 4.25. The third kappa shape index (κ3) is 2.61. The van der Waals surface area contributed by atoms with E-state index in [1.54, 1.807) is 11.9 Å². The quantitative estimate of drug-likeness (QED) is 0.845. The Morgan fingerprint density at radius 2 is 2.00 bits per heavy atom. The zero-order valence-corrected chi connectivity index (χ0v) is 10.3. The molecular weight excluding hydrogens is 202 g/mol. The number of hydrogen-bond donors (Lipinski definition) is 1. The third-order valence-electron chi connectivity index (χ3n) is 3.00. The van der Waals surface area contributed by atoms with Gasteiger partial charge in [0.15, 0.2) is 0 Å². The molecular formula is C13H19NO2. The summed E-state index contributed by atoms with van der Waals surface area (Å²) >= 11 is 0. The van der Waals surface area contributed by atoms with E-state index in [0.717, 1.165) is 5.56 Å². The second kappa shape index (κ2) is 5.12. The van der Waals surface area contributed by atoms with Gasteiger partial charge < -0.3 is 10.0 Å². The maximum Gasteiger partial charge on any atom is 0.253 e. The van der Waals surface area contributed by atoms with Gasteiger partial charge >= 0.3 is 0 Å². The highest BCUT2D eigenvalue weighted by Gasteiger charge is 2.16. The molecule has 0 heterocycles. The molecule has 0 aromatic heterocycles. The van der Waals surface area contributed by atoms with Crippen molar-refractivity contribution in [2.24, 2.45) is 0 Å². The maximum absolute atomic E-state index is 12.0. The van der Waals surface area contributed by atoms with Crippen molar-refractivity contribution in [3.8, 4) is 0 Å². The van der Waals surface area contributed by atoms with Crippen molar-refractivity contribution in [2.75, 3.05) is 13.7 Å². The first-order valence-corrected chi connectivity index (χ1v) is 5.42. The average Bonchev–Trinajstić information content (AvgIpc) is 2.29. The molecule has 0 aliphatic carbocycles. The van der Waals surface area contributed by atoms with Crippen LogP contribution in [-0.4, -0.2) is 35.6 Å². The fourth-order valence-electron chi connectivity index (χ4n) is 1.40. The van der Waals surface area contributed by atoms with Crippen molar-refractivity contribution in [1.82, 2.24) is 4.90 Å². The first-order valence-electron chi connectivity index (χ1n) is 5.42. The number of amides is 1. The van der Waals surface area contributed by atoms with Crippen LogP contribution in [0, 0.1) is 13.8 Å². The Balaban J connectivity index is 2.92. The molecule has 1 aromatic rings. The normalized spacial score (nSPS) is 12.3. The lowest BCUT2D eigenvalue weighted by molar-refractivity contribution is 0.0682. The van der Waals surface area contributed by atoms with Gasteiger partial charge in [-0.05, 0) is 44.0 Å². The molecule has 16 heavy (non-hydrogen) atoms. The molecule has 1 amide bonds. The molecule has 1 rings (SSSR count). The second-order valence-electron chi connectivity index (χ2n) is 4.25. The van der Waals surface area contributed by atoms with Gasteiger partial charge in [0.2, 0.25) is 0 Å². The molecule has 1 atom stereocenters. The minimum absolute atomic E-state index is 0.0208. The van der Waals surface area contributed by atoms with Crippen LogP contribution in [0.5, 0.6) is 0 Å². The predicted octanol–water partition coefficient (Wildman–Crippen LogP) is 1.76. The maximum atomic E-state index is 12.0. The van der Waals surface area contributed by atoms with Crippen LogP contribution in [-0.2, 0) is 0 Å². The summed E-state index contributed by atoms with van der Waals surface area (Å²) in [5.41, 5.74) is 2.95. The average molecular weight is 221 g/mol. The van der Waals surface area contributed by atoms with E-state index in [4.69, 9.17) is 5.11 Å². The van der Waals surface area contributed by atoms with Gasteiger partial charge in [-0.15, -0.1) is 0 Å². The summed E-state index contributed by atoms with van der Waals surface area (Å²) in [5, 5.41) is 9.01. The van der Waals surface area contributed by atoms with Crippen LogP contribution in [0.4, 0.5) is 0 Å². The molecule has 0 radical (unpaired) electrons. The highest BCUT2D eigenvalue weighted by atomic mass is 16.3. The van der Waals surface area contributed by atoms with Gasteiger partial charge in [0.1, 0.15) is 0 Å². The first-order chi connectivity index (χ1) is 7.47. The minimum Gasteiger partial charge on any atom is -0.394 e. The molecule has 88 valence electrons. The van der Waals surface area contributed by atoms with E-state index in [1.807, 2.05) is 39.0 Å². The number of carbonyl (C=O) groups is 1. The summed E-state index contributed by atoms with van der Waals surface area (Å²) < 4.78 is 0. The number of aryl methyl sites for hydroxylation is 2.